The number of hydrogen-bond donors (Lipinski definition) is 1. The fourth-order valence-electron chi connectivity index (χ4n) is 4.66. The monoisotopic (exact) mass is 460 g/mol. The minimum Gasteiger partial charge on any atom is -0.366 e. The van der Waals surface area contributed by atoms with Crippen molar-refractivity contribution in [1.29, 1.82) is 0 Å². The normalized spacial score (nSPS) is 14.9. The average Bonchev–Trinajstić information content (AvgIpc) is 3.25. The maximum atomic E-state index is 13.5. The van der Waals surface area contributed by atoms with Crippen LogP contribution in [0.15, 0.2) is 48.5 Å². The third-order valence-corrected chi connectivity index (χ3v) is 6.42. The van der Waals surface area contributed by atoms with Gasteiger partial charge >= 0.3 is 0 Å². The zero-order chi connectivity index (χ0) is 24.3. The molecule has 1 unspecified atom stereocenters. The van der Waals surface area contributed by atoms with E-state index in [0.29, 0.717) is 19.6 Å². The highest BCUT2D eigenvalue weighted by atomic mass is 16.5. The van der Waals surface area contributed by atoms with E-state index < -0.39 is 5.60 Å². The van der Waals surface area contributed by atoms with Crippen LogP contribution < -0.4 is 5.32 Å². The van der Waals surface area contributed by atoms with E-state index >= 15 is 0 Å². The van der Waals surface area contributed by atoms with Gasteiger partial charge in [0.1, 0.15) is 17.1 Å². The number of Topliss-reactive ketones (excluding diaryl/α,β-unsaturated/α-hetero) is 1. The van der Waals surface area contributed by atoms with Crippen molar-refractivity contribution >= 4 is 11.7 Å². The molecule has 3 aromatic rings. The molecule has 0 aliphatic heterocycles. The van der Waals surface area contributed by atoms with Gasteiger partial charge in [-0.2, -0.15) is 0 Å². The molecular weight excluding hydrogens is 428 g/mol. The summed E-state index contributed by atoms with van der Waals surface area (Å²) in [5, 5.41) is 11.8. The molecule has 4 rings (SSSR count). The summed E-state index contributed by atoms with van der Waals surface area (Å²) in [6, 6.07) is 16.1. The first-order valence-corrected chi connectivity index (χ1v) is 11.9. The number of rotatable bonds is 8. The van der Waals surface area contributed by atoms with Crippen molar-refractivity contribution < 1.29 is 14.3 Å². The molecule has 1 aromatic heterocycles. The summed E-state index contributed by atoms with van der Waals surface area (Å²) >= 11 is 0. The maximum absolute atomic E-state index is 13.5. The predicted octanol–water partition coefficient (Wildman–Crippen LogP) is 4.16. The number of nitrogens with one attached hydrogen (secondary N) is 1. The first-order valence-electron chi connectivity index (χ1n) is 11.9. The first-order chi connectivity index (χ1) is 16.4. The molecule has 0 bridgehead atoms. The van der Waals surface area contributed by atoms with Crippen LogP contribution >= 0.6 is 0 Å². The molecule has 0 spiro atoms. The Balaban J connectivity index is 1.66. The fourth-order valence-corrected chi connectivity index (χ4v) is 4.66. The number of hydrogen-bond acceptors (Lipinski definition) is 5. The fraction of sp³-hybridized carbons (Fsp3) is 0.407. The number of ether oxygens (including phenoxy) is 1. The lowest BCUT2D eigenvalue weighted by atomic mass is 9.80. The van der Waals surface area contributed by atoms with Gasteiger partial charge in [0.05, 0.1) is 5.69 Å². The number of nitrogens with zero attached hydrogens (tertiary/aromatic N) is 3. The standard InChI is InChI=1S/C27H32N4O3/c1-5-31-25-19-12-8-7-11-18(19)17-22(20-13-9-10-14-21(20)24(25)29-30-31)23(32)15-16-28-26(33)27(3,4)34-6-2/h7-14,22H,5-6,15-17H2,1-4H3,(H,28,33). The molecule has 7 nitrogen and oxygen atoms in total. The van der Waals surface area contributed by atoms with Gasteiger partial charge in [0, 0.05) is 43.2 Å². The second kappa shape index (κ2) is 9.89. The van der Waals surface area contributed by atoms with Gasteiger partial charge in [-0.3, -0.25) is 9.59 Å². The van der Waals surface area contributed by atoms with Crippen LogP contribution in [0.2, 0.25) is 0 Å². The van der Waals surface area contributed by atoms with Crippen LogP contribution in [0.5, 0.6) is 0 Å². The molecule has 1 aliphatic carbocycles. The van der Waals surface area contributed by atoms with Gasteiger partial charge in [-0.15, -0.1) is 5.10 Å². The van der Waals surface area contributed by atoms with Gasteiger partial charge < -0.3 is 10.1 Å². The van der Waals surface area contributed by atoms with Crippen molar-refractivity contribution in [3.05, 3.63) is 59.7 Å². The molecule has 1 amide bonds. The number of carbonyl (C=O) groups is 2. The smallest absolute Gasteiger partial charge is 0.251 e. The van der Waals surface area contributed by atoms with Crippen molar-refractivity contribution in [3.8, 4) is 22.5 Å². The third kappa shape index (κ3) is 4.53. The number of ketones is 1. The number of fused-ring (bicyclic) bond motifs is 5. The lowest BCUT2D eigenvalue weighted by Gasteiger charge is -2.25. The molecule has 178 valence electrons. The zero-order valence-electron chi connectivity index (χ0n) is 20.3. The van der Waals surface area contributed by atoms with Gasteiger partial charge in [0.25, 0.3) is 5.91 Å². The Labute approximate surface area is 200 Å². The first kappa shape index (κ1) is 23.8. The van der Waals surface area contributed by atoms with Crippen LogP contribution in [0.3, 0.4) is 0 Å². The molecular formula is C27H32N4O3. The molecule has 0 saturated carbocycles. The third-order valence-electron chi connectivity index (χ3n) is 6.42. The maximum Gasteiger partial charge on any atom is 0.251 e. The number of carbonyl (C=O) groups excluding carboxylic acids is 2. The summed E-state index contributed by atoms with van der Waals surface area (Å²) in [4.78, 5) is 26.0. The second-order valence-electron chi connectivity index (χ2n) is 9.02. The number of amides is 1. The van der Waals surface area contributed by atoms with E-state index in [1.165, 1.54) is 0 Å². The predicted molar refractivity (Wildman–Crippen MR) is 131 cm³/mol. The molecule has 0 radical (unpaired) electrons. The van der Waals surface area contributed by atoms with Crippen LogP contribution in [0.4, 0.5) is 0 Å². The van der Waals surface area contributed by atoms with Crippen LogP contribution in [0.1, 0.15) is 51.2 Å². The lowest BCUT2D eigenvalue weighted by Crippen LogP contribution is -2.45. The highest BCUT2D eigenvalue weighted by molar-refractivity contribution is 5.92. The summed E-state index contributed by atoms with van der Waals surface area (Å²) in [5.74, 6) is -0.469. The highest BCUT2D eigenvalue weighted by Crippen LogP contribution is 2.41. The minimum atomic E-state index is -0.926. The largest absolute Gasteiger partial charge is 0.366 e. The Morgan fingerprint density at radius 3 is 2.53 bits per heavy atom. The zero-order valence-corrected chi connectivity index (χ0v) is 20.3. The van der Waals surface area contributed by atoms with Crippen molar-refractivity contribution in [3.63, 3.8) is 0 Å². The van der Waals surface area contributed by atoms with Crippen LogP contribution in [-0.4, -0.2) is 45.4 Å². The Hall–Kier alpha value is -3.32. The lowest BCUT2D eigenvalue weighted by molar-refractivity contribution is -0.142. The molecule has 1 N–H and O–H groups in total. The van der Waals surface area contributed by atoms with E-state index in [9.17, 15) is 9.59 Å². The Morgan fingerprint density at radius 1 is 1.09 bits per heavy atom. The van der Waals surface area contributed by atoms with Crippen molar-refractivity contribution in [1.82, 2.24) is 20.3 Å². The summed E-state index contributed by atoms with van der Waals surface area (Å²) in [5.41, 5.74) is 4.90. The van der Waals surface area contributed by atoms with E-state index in [1.807, 2.05) is 48.0 Å². The number of benzene rings is 2. The van der Waals surface area contributed by atoms with Crippen molar-refractivity contribution in [2.45, 2.75) is 58.6 Å². The van der Waals surface area contributed by atoms with E-state index in [1.54, 1.807) is 13.8 Å². The number of aryl methyl sites for hydroxylation is 1. The van der Waals surface area contributed by atoms with Gasteiger partial charge in [0.2, 0.25) is 0 Å². The SMILES string of the molecule is CCOC(C)(C)C(=O)NCCC(=O)C1Cc2ccccc2-c2c(nnn2CC)-c2ccccc21. The summed E-state index contributed by atoms with van der Waals surface area (Å²) in [7, 11) is 0. The van der Waals surface area contributed by atoms with E-state index in [4.69, 9.17) is 4.74 Å². The van der Waals surface area contributed by atoms with Crippen LogP contribution in [0, 0.1) is 0 Å². The van der Waals surface area contributed by atoms with E-state index in [-0.39, 0.29) is 30.6 Å². The summed E-state index contributed by atoms with van der Waals surface area (Å²) in [6.07, 6.45) is 0.822. The van der Waals surface area contributed by atoms with Crippen molar-refractivity contribution in [2.75, 3.05) is 13.2 Å². The topological polar surface area (TPSA) is 86.1 Å². The van der Waals surface area contributed by atoms with Gasteiger partial charge in [-0.25, -0.2) is 4.68 Å². The van der Waals surface area contributed by atoms with Crippen molar-refractivity contribution in [2.24, 2.45) is 0 Å². The van der Waals surface area contributed by atoms with Gasteiger partial charge in [-0.1, -0.05) is 53.7 Å². The Morgan fingerprint density at radius 2 is 1.79 bits per heavy atom. The molecule has 0 fully saturated rings. The molecule has 7 heteroatoms. The second-order valence-corrected chi connectivity index (χ2v) is 9.02. The Bertz CT molecular complexity index is 1200. The van der Waals surface area contributed by atoms with Crippen LogP contribution in [-0.2, 0) is 27.3 Å². The molecule has 1 atom stereocenters. The Kier molecular flexibility index (Phi) is 6.93. The molecule has 2 aromatic carbocycles. The van der Waals surface area contributed by atoms with Crippen LogP contribution in [0.25, 0.3) is 22.5 Å². The molecule has 1 heterocycles. The van der Waals surface area contributed by atoms with Gasteiger partial charge in [-0.05, 0) is 45.2 Å². The summed E-state index contributed by atoms with van der Waals surface area (Å²) < 4.78 is 7.43. The van der Waals surface area contributed by atoms with E-state index in [2.05, 4.69) is 34.7 Å². The van der Waals surface area contributed by atoms with E-state index in [0.717, 1.165) is 33.6 Å². The molecule has 0 saturated heterocycles. The van der Waals surface area contributed by atoms with Gasteiger partial charge in [0.15, 0.2) is 0 Å². The number of aromatic nitrogens is 3. The molecule has 34 heavy (non-hydrogen) atoms. The molecule has 1 aliphatic rings. The quantitative estimate of drug-likeness (QED) is 0.545. The highest BCUT2D eigenvalue weighted by Gasteiger charge is 2.32. The average molecular weight is 461 g/mol. The summed E-state index contributed by atoms with van der Waals surface area (Å²) in [6.45, 7) is 8.79. The minimum absolute atomic E-state index is 0.0862.